The van der Waals surface area contributed by atoms with Gasteiger partial charge in [0.15, 0.2) is 0 Å². The van der Waals surface area contributed by atoms with E-state index in [1.165, 1.54) is 31.4 Å². The molecule has 2 unspecified atom stereocenters. The van der Waals surface area contributed by atoms with Crippen LogP contribution in [-0.2, 0) is 5.41 Å². The molecule has 2 atom stereocenters. The highest BCUT2D eigenvalue weighted by atomic mass is 16.3. The van der Waals surface area contributed by atoms with Gasteiger partial charge in [0, 0.05) is 12.0 Å². The van der Waals surface area contributed by atoms with Crippen molar-refractivity contribution < 1.29 is 5.11 Å². The van der Waals surface area contributed by atoms with Crippen LogP contribution in [0, 0.1) is 5.92 Å². The first kappa shape index (κ1) is 9.22. The van der Waals surface area contributed by atoms with Gasteiger partial charge in [0.1, 0.15) is 5.75 Å². The lowest BCUT2D eigenvalue weighted by atomic mass is 9.76. The summed E-state index contributed by atoms with van der Waals surface area (Å²) in [5, 5.41) is 12.8. The second-order valence-electron chi connectivity index (χ2n) is 5.07. The van der Waals surface area contributed by atoms with Crippen LogP contribution in [0.4, 0.5) is 0 Å². The molecule has 0 amide bonds. The first-order chi connectivity index (χ1) is 7.28. The number of phenols is 1. The average molecular weight is 203 g/mol. The summed E-state index contributed by atoms with van der Waals surface area (Å²) >= 11 is 0. The SMILES string of the molecule is Oc1ccc(C23CCC(CNC2)C3)cc1. The highest BCUT2D eigenvalue weighted by Gasteiger charge is 2.42. The molecule has 80 valence electrons. The summed E-state index contributed by atoms with van der Waals surface area (Å²) in [4.78, 5) is 0. The number of aromatic hydroxyl groups is 1. The number of nitrogens with one attached hydrogen (secondary N) is 1. The van der Waals surface area contributed by atoms with Gasteiger partial charge in [0.25, 0.3) is 0 Å². The predicted octanol–water partition coefficient (Wildman–Crippen LogP) is 2.03. The van der Waals surface area contributed by atoms with Crippen molar-refractivity contribution in [2.75, 3.05) is 13.1 Å². The summed E-state index contributed by atoms with van der Waals surface area (Å²) in [6.45, 7) is 2.30. The van der Waals surface area contributed by atoms with Gasteiger partial charge >= 0.3 is 0 Å². The first-order valence-corrected chi connectivity index (χ1v) is 5.79. The molecule has 0 aromatic heterocycles. The minimum atomic E-state index is 0.358. The van der Waals surface area contributed by atoms with Gasteiger partial charge in [-0.2, -0.15) is 0 Å². The van der Waals surface area contributed by atoms with E-state index in [1.54, 1.807) is 0 Å². The molecule has 15 heavy (non-hydrogen) atoms. The molecule has 2 N–H and O–H groups in total. The standard InChI is InChI=1S/C13H17NO/c15-12-3-1-11(2-4-12)13-6-5-10(7-13)8-14-9-13/h1-4,10,14-15H,5-9H2. The third kappa shape index (κ3) is 1.44. The van der Waals surface area contributed by atoms with Gasteiger partial charge in [-0.1, -0.05) is 12.1 Å². The van der Waals surface area contributed by atoms with E-state index in [1.807, 2.05) is 12.1 Å². The number of hydrogen-bond acceptors (Lipinski definition) is 2. The maximum Gasteiger partial charge on any atom is 0.115 e. The van der Waals surface area contributed by atoms with E-state index in [-0.39, 0.29) is 0 Å². The van der Waals surface area contributed by atoms with Crippen molar-refractivity contribution in [3.63, 3.8) is 0 Å². The van der Waals surface area contributed by atoms with Crippen molar-refractivity contribution in [2.45, 2.75) is 24.7 Å². The minimum absolute atomic E-state index is 0.358. The normalized spacial score (nSPS) is 34.3. The molecule has 0 spiro atoms. The highest BCUT2D eigenvalue weighted by Crippen LogP contribution is 2.46. The Morgan fingerprint density at radius 1 is 1.27 bits per heavy atom. The summed E-state index contributed by atoms with van der Waals surface area (Å²) < 4.78 is 0. The van der Waals surface area contributed by atoms with Crippen LogP contribution in [0.3, 0.4) is 0 Å². The summed E-state index contributed by atoms with van der Waals surface area (Å²) in [7, 11) is 0. The molecule has 2 bridgehead atoms. The Labute approximate surface area is 90.3 Å². The molecule has 1 aliphatic carbocycles. The van der Waals surface area contributed by atoms with Crippen molar-refractivity contribution >= 4 is 0 Å². The monoisotopic (exact) mass is 203 g/mol. The number of fused-ring (bicyclic) bond motifs is 2. The fourth-order valence-electron chi connectivity index (χ4n) is 3.27. The summed E-state index contributed by atoms with van der Waals surface area (Å²) in [5.74, 6) is 1.24. The van der Waals surface area contributed by atoms with Crippen molar-refractivity contribution in [3.05, 3.63) is 29.8 Å². The zero-order valence-electron chi connectivity index (χ0n) is 8.87. The van der Waals surface area contributed by atoms with Crippen LogP contribution in [0.15, 0.2) is 24.3 Å². The van der Waals surface area contributed by atoms with E-state index in [2.05, 4.69) is 17.4 Å². The smallest absolute Gasteiger partial charge is 0.115 e. The number of phenolic OH excluding ortho intramolecular Hbond substituents is 1. The Morgan fingerprint density at radius 3 is 2.87 bits per heavy atom. The largest absolute Gasteiger partial charge is 0.508 e. The maximum atomic E-state index is 9.31. The lowest BCUT2D eigenvalue weighted by Gasteiger charge is -2.34. The van der Waals surface area contributed by atoms with Gasteiger partial charge in [-0.3, -0.25) is 0 Å². The van der Waals surface area contributed by atoms with E-state index in [0.717, 1.165) is 12.5 Å². The van der Waals surface area contributed by atoms with Gasteiger partial charge in [-0.05, 0) is 49.4 Å². The van der Waals surface area contributed by atoms with Crippen LogP contribution >= 0.6 is 0 Å². The Hall–Kier alpha value is -1.02. The average Bonchev–Trinajstić information content (AvgIpc) is 2.56. The van der Waals surface area contributed by atoms with Crippen molar-refractivity contribution in [2.24, 2.45) is 5.92 Å². The predicted molar refractivity (Wildman–Crippen MR) is 60.0 cm³/mol. The molecule has 2 nitrogen and oxygen atoms in total. The molecular formula is C13H17NO. The second-order valence-corrected chi connectivity index (χ2v) is 5.07. The van der Waals surface area contributed by atoms with Crippen LogP contribution in [0.25, 0.3) is 0 Å². The van der Waals surface area contributed by atoms with Crippen LogP contribution in [0.2, 0.25) is 0 Å². The van der Waals surface area contributed by atoms with Crippen molar-refractivity contribution in [3.8, 4) is 5.75 Å². The Kier molecular flexibility index (Phi) is 1.99. The zero-order valence-corrected chi connectivity index (χ0v) is 8.87. The molecule has 3 rings (SSSR count). The molecule has 2 aliphatic rings. The van der Waals surface area contributed by atoms with Gasteiger partial charge in [0.2, 0.25) is 0 Å². The van der Waals surface area contributed by atoms with Gasteiger partial charge in [-0.15, -0.1) is 0 Å². The molecule has 1 aromatic carbocycles. The molecule has 1 saturated heterocycles. The van der Waals surface area contributed by atoms with E-state index in [4.69, 9.17) is 0 Å². The Balaban J connectivity index is 1.95. The minimum Gasteiger partial charge on any atom is -0.508 e. The highest BCUT2D eigenvalue weighted by molar-refractivity contribution is 5.33. The Morgan fingerprint density at radius 2 is 2.07 bits per heavy atom. The van der Waals surface area contributed by atoms with Crippen molar-refractivity contribution in [1.82, 2.24) is 5.32 Å². The molecule has 2 heteroatoms. The summed E-state index contributed by atoms with van der Waals surface area (Å²) in [6.07, 6.45) is 3.98. The number of hydrogen-bond donors (Lipinski definition) is 2. The van der Waals surface area contributed by atoms with Crippen LogP contribution < -0.4 is 5.32 Å². The fourth-order valence-corrected chi connectivity index (χ4v) is 3.27. The lowest BCUT2D eigenvalue weighted by Crippen LogP contribution is -2.42. The second kappa shape index (κ2) is 3.24. The van der Waals surface area contributed by atoms with E-state index in [9.17, 15) is 5.11 Å². The third-order valence-corrected chi connectivity index (χ3v) is 4.09. The van der Waals surface area contributed by atoms with Gasteiger partial charge in [0.05, 0.1) is 0 Å². The summed E-state index contributed by atoms with van der Waals surface area (Å²) in [5.41, 5.74) is 1.76. The van der Waals surface area contributed by atoms with Crippen molar-refractivity contribution in [1.29, 1.82) is 0 Å². The van der Waals surface area contributed by atoms with Crippen LogP contribution in [0.1, 0.15) is 24.8 Å². The van der Waals surface area contributed by atoms with E-state index in [0.29, 0.717) is 11.2 Å². The van der Waals surface area contributed by atoms with Crippen LogP contribution in [-0.4, -0.2) is 18.2 Å². The summed E-state index contributed by atoms with van der Waals surface area (Å²) in [6, 6.07) is 7.80. The molecule has 1 heterocycles. The zero-order chi connectivity index (χ0) is 10.3. The van der Waals surface area contributed by atoms with Gasteiger partial charge in [-0.25, -0.2) is 0 Å². The molecule has 1 saturated carbocycles. The quantitative estimate of drug-likeness (QED) is 0.732. The van der Waals surface area contributed by atoms with Gasteiger partial charge < -0.3 is 10.4 Å². The molecule has 2 fully saturated rings. The van der Waals surface area contributed by atoms with E-state index >= 15 is 0 Å². The molecule has 1 aromatic rings. The topological polar surface area (TPSA) is 32.3 Å². The number of piperidine rings is 1. The van der Waals surface area contributed by atoms with Crippen LogP contribution in [0.5, 0.6) is 5.75 Å². The fraction of sp³-hybridized carbons (Fsp3) is 0.538. The maximum absolute atomic E-state index is 9.31. The molecular weight excluding hydrogens is 186 g/mol. The Bertz CT molecular complexity index is 355. The number of rotatable bonds is 1. The first-order valence-electron chi connectivity index (χ1n) is 5.79. The lowest BCUT2D eigenvalue weighted by molar-refractivity contribution is 0.326. The molecule has 1 aliphatic heterocycles. The third-order valence-electron chi connectivity index (χ3n) is 4.09. The van der Waals surface area contributed by atoms with E-state index < -0.39 is 0 Å². The molecule has 0 radical (unpaired) electrons. The number of benzene rings is 1.